The third kappa shape index (κ3) is 2.64. The number of esters is 1. The number of fused-ring (bicyclic) bond motifs is 6. The van der Waals surface area contributed by atoms with E-state index in [0.29, 0.717) is 17.0 Å². The number of ether oxygens (including phenoxy) is 1. The number of benzene rings is 2. The van der Waals surface area contributed by atoms with Crippen LogP contribution < -0.4 is 9.64 Å². The third-order valence-electron chi connectivity index (χ3n) is 6.61. The lowest BCUT2D eigenvalue weighted by Crippen LogP contribution is -2.33. The Morgan fingerprint density at radius 2 is 1.65 bits per heavy atom. The van der Waals surface area contributed by atoms with Crippen molar-refractivity contribution in [3.05, 3.63) is 78.5 Å². The van der Waals surface area contributed by atoms with Crippen molar-refractivity contribution in [2.75, 3.05) is 4.90 Å². The van der Waals surface area contributed by atoms with Gasteiger partial charge in [0, 0.05) is 11.6 Å². The molecule has 0 radical (unpaired) electrons. The van der Waals surface area contributed by atoms with Crippen molar-refractivity contribution in [3.63, 3.8) is 0 Å². The fraction of sp³-hybridized carbons (Fsp3) is 0.200. The highest BCUT2D eigenvalue weighted by atomic mass is 16.5. The minimum absolute atomic E-state index is 0.142. The van der Waals surface area contributed by atoms with Crippen LogP contribution in [0, 0.1) is 23.7 Å². The number of allylic oxidation sites excluding steroid dienone is 2. The van der Waals surface area contributed by atoms with Crippen LogP contribution >= 0.6 is 0 Å². The molecule has 2 fully saturated rings. The average molecular weight is 410 g/mol. The highest BCUT2D eigenvalue weighted by Crippen LogP contribution is 2.53. The van der Waals surface area contributed by atoms with Crippen molar-refractivity contribution in [2.45, 2.75) is 6.42 Å². The standard InChI is InChI=1S/C25H18N2O4/c28-23-20-15-9-10-16(12-15)21(20)24(29)27(23)18-7-1-5-17(13-18)25(30)31-19-8-2-4-14-6-3-11-26-22(14)19/h1-11,13,15-16,20-21H,12H2/t15-,16-,20+,21+/m0/s1. The molecular weight excluding hydrogens is 392 g/mol. The van der Waals surface area contributed by atoms with Gasteiger partial charge in [-0.1, -0.05) is 36.4 Å². The lowest BCUT2D eigenvalue weighted by atomic mass is 9.85. The quantitative estimate of drug-likeness (QED) is 0.284. The summed E-state index contributed by atoms with van der Waals surface area (Å²) in [5.74, 6) is -0.821. The summed E-state index contributed by atoms with van der Waals surface area (Å²) in [6.45, 7) is 0. The molecule has 31 heavy (non-hydrogen) atoms. The van der Waals surface area contributed by atoms with Gasteiger partial charge in [-0.05, 0) is 48.6 Å². The second-order valence-electron chi connectivity index (χ2n) is 8.28. The predicted octanol–water partition coefficient (Wildman–Crippen LogP) is 3.77. The maximum Gasteiger partial charge on any atom is 0.343 e. The van der Waals surface area contributed by atoms with Gasteiger partial charge in [-0.3, -0.25) is 14.6 Å². The Kier molecular flexibility index (Phi) is 3.84. The monoisotopic (exact) mass is 410 g/mol. The number of pyridine rings is 1. The largest absolute Gasteiger partial charge is 0.421 e. The van der Waals surface area contributed by atoms with Gasteiger partial charge in [-0.2, -0.15) is 0 Å². The predicted molar refractivity (Wildman–Crippen MR) is 113 cm³/mol. The van der Waals surface area contributed by atoms with Crippen LogP contribution in [-0.4, -0.2) is 22.8 Å². The number of hydrogen-bond donors (Lipinski definition) is 0. The van der Waals surface area contributed by atoms with Gasteiger partial charge in [-0.15, -0.1) is 0 Å². The molecule has 1 aliphatic heterocycles. The molecule has 2 aromatic carbocycles. The highest BCUT2D eigenvalue weighted by Gasteiger charge is 2.59. The maximum absolute atomic E-state index is 13.1. The number of rotatable bonds is 3. The van der Waals surface area contributed by atoms with Crippen LogP contribution in [0.3, 0.4) is 0 Å². The maximum atomic E-state index is 13.1. The van der Waals surface area contributed by atoms with Crippen molar-refractivity contribution in [3.8, 4) is 5.75 Å². The van der Waals surface area contributed by atoms with Crippen LogP contribution in [0.4, 0.5) is 5.69 Å². The lowest BCUT2D eigenvalue weighted by molar-refractivity contribution is -0.123. The van der Waals surface area contributed by atoms with Gasteiger partial charge >= 0.3 is 5.97 Å². The molecule has 3 aromatic rings. The second kappa shape index (κ2) is 6.60. The second-order valence-corrected chi connectivity index (χ2v) is 8.28. The van der Waals surface area contributed by atoms with E-state index in [2.05, 4.69) is 17.1 Å². The molecule has 0 unspecified atom stereocenters. The smallest absolute Gasteiger partial charge is 0.343 e. The van der Waals surface area contributed by atoms with Crippen molar-refractivity contribution in [1.82, 2.24) is 4.98 Å². The molecule has 2 heterocycles. The van der Waals surface area contributed by atoms with Crippen molar-refractivity contribution in [1.29, 1.82) is 0 Å². The van der Waals surface area contributed by atoms with Gasteiger partial charge in [0.25, 0.3) is 0 Å². The summed E-state index contributed by atoms with van der Waals surface area (Å²) >= 11 is 0. The van der Waals surface area contributed by atoms with Crippen molar-refractivity contribution in [2.24, 2.45) is 23.7 Å². The minimum atomic E-state index is -0.568. The van der Waals surface area contributed by atoms with Crippen LogP contribution in [0.1, 0.15) is 16.8 Å². The molecule has 2 amide bonds. The number of aromatic nitrogens is 1. The molecule has 1 aromatic heterocycles. The molecule has 3 aliphatic rings. The molecule has 152 valence electrons. The normalized spacial score (nSPS) is 26.0. The average Bonchev–Trinajstić information content (AvgIpc) is 3.48. The Hall–Kier alpha value is -3.80. The summed E-state index contributed by atoms with van der Waals surface area (Å²) in [5.41, 5.74) is 1.27. The molecule has 6 heteroatoms. The van der Waals surface area contributed by atoms with E-state index in [1.54, 1.807) is 42.6 Å². The zero-order chi connectivity index (χ0) is 21.1. The van der Waals surface area contributed by atoms with Gasteiger partial charge in [-0.25, -0.2) is 9.69 Å². The molecular formula is C25H18N2O4. The fourth-order valence-electron chi connectivity index (χ4n) is 5.25. The van der Waals surface area contributed by atoms with Gasteiger partial charge in [0.1, 0.15) is 5.52 Å². The van der Waals surface area contributed by atoms with Gasteiger partial charge in [0.15, 0.2) is 5.75 Å². The van der Waals surface area contributed by atoms with Gasteiger partial charge < -0.3 is 4.74 Å². The van der Waals surface area contributed by atoms with Crippen LogP contribution in [0.5, 0.6) is 5.75 Å². The first-order valence-electron chi connectivity index (χ1n) is 10.3. The van der Waals surface area contributed by atoms with Crippen LogP contribution in [0.15, 0.2) is 72.9 Å². The van der Waals surface area contributed by atoms with E-state index in [9.17, 15) is 14.4 Å². The number of carbonyl (C=O) groups is 3. The molecule has 6 rings (SSSR count). The molecule has 1 saturated carbocycles. The molecule has 6 nitrogen and oxygen atoms in total. The zero-order valence-electron chi connectivity index (χ0n) is 16.5. The SMILES string of the molecule is O=C(Oc1cccc2cccnc12)c1cccc(N2C(=O)[C@H]3[C@H](C2=O)[C@H]2C=C[C@H]3C2)c1. The highest BCUT2D eigenvalue weighted by molar-refractivity contribution is 6.23. The van der Waals surface area contributed by atoms with E-state index in [1.165, 1.54) is 4.90 Å². The summed E-state index contributed by atoms with van der Waals surface area (Å²) in [5, 5.41) is 0.865. The molecule has 2 bridgehead atoms. The van der Waals surface area contributed by atoms with E-state index in [-0.39, 0.29) is 41.0 Å². The van der Waals surface area contributed by atoms with E-state index in [0.717, 1.165) is 11.8 Å². The van der Waals surface area contributed by atoms with Crippen molar-refractivity contribution >= 4 is 34.4 Å². The number of carbonyl (C=O) groups excluding carboxylic acids is 3. The number of anilines is 1. The molecule has 2 aliphatic carbocycles. The van der Waals surface area contributed by atoms with E-state index in [4.69, 9.17) is 4.74 Å². The minimum Gasteiger partial charge on any atom is -0.421 e. The van der Waals surface area contributed by atoms with Gasteiger partial charge in [0.2, 0.25) is 11.8 Å². The Balaban J connectivity index is 1.29. The Labute approximate surface area is 178 Å². The number of hydrogen-bond acceptors (Lipinski definition) is 5. The van der Waals surface area contributed by atoms with Gasteiger partial charge in [0.05, 0.1) is 23.1 Å². The number of imide groups is 1. The number of para-hydroxylation sites is 1. The Bertz CT molecular complexity index is 1260. The van der Waals surface area contributed by atoms with E-state index < -0.39 is 5.97 Å². The summed E-state index contributed by atoms with van der Waals surface area (Å²) in [7, 11) is 0. The first-order valence-corrected chi connectivity index (χ1v) is 10.3. The third-order valence-corrected chi connectivity index (χ3v) is 6.61. The molecule has 0 spiro atoms. The summed E-state index contributed by atoms with van der Waals surface area (Å²) < 4.78 is 5.60. The van der Waals surface area contributed by atoms with E-state index >= 15 is 0 Å². The van der Waals surface area contributed by atoms with E-state index in [1.807, 2.05) is 18.2 Å². The molecule has 0 N–H and O–H groups in total. The number of nitrogens with zero attached hydrogens (tertiary/aromatic N) is 2. The number of amides is 2. The van der Waals surface area contributed by atoms with Crippen LogP contribution in [0.25, 0.3) is 10.9 Å². The van der Waals surface area contributed by atoms with Crippen molar-refractivity contribution < 1.29 is 19.1 Å². The van der Waals surface area contributed by atoms with Crippen LogP contribution in [-0.2, 0) is 9.59 Å². The fourth-order valence-corrected chi connectivity index (χ4v) is 5.25. The Morgan fingerprint density at radius 3 is 2.42 bits per heavy atom. The zero-order valence-corrected chi connectivity index (χ0v) is 16.5. The Morgan fingerprint density at radius 1 is 0.935 bits per heavy atom. The first kappa shape index (κ1) is 18.0. The first-order chi connectivity index (χ1) is 15.1. The molecule has 4 atom stereocenters. The summed E-state index contributed by atoms with van der Waals surface area (Å²) in [6.07, 6.45) is 6.65. The summed E-state index contributed by atoms with van der Waals surface area (Å²) in [6, 6.07) is 15.6. The van der Waals surface area contributed by atoms with Crippen LogP contribution in [0.2, 0.25) is 0 Å². The summed E-state index contributed by atoms with van der Waals surface area (Å²) in [4.78, 5) is 44.5. The molecule has 1 saturated heterocycles. The topological polar surface area (TPSA) is 76.6 Å². The lowest BCUT2D eigenvalue weighted by Gasteiger charge is -2.18.